The van der Waals surface area contributed by atoms with E-state index in [0.717, 1.165) is 19.3 Å². The fraction of sp³-hybridized carbons (Fsp3) is 0.846. The van der Waals surface area contributed by atoms with Gasteiger partial charge in [-0.05, 0) is 38.5 Å². The van der Waals surface area contributed by atoms with Gasteiger partial charge >= 0.3 is 5.97 Å². The molecule has 106 valence electrons. The normalized spacial score (nSPS) is 38.7. The van der Waals surface area contributed by atoms with Crippen molar-refractivity contribution in [2.45, 2.75) is 56.2 Å². The maximum Gasteiger partial charge on any atom is 0.327 e. The summed E-state index contributed by atoms with van der Waals surface area (Å²) in [5.41, 5.74) is 0. The monoisotopic (exact) mass is 285 g/mol. The molecule has 0 spiro atoms. The Balaban J connectivity index is 1.77. The van der Waals surface area contributed by atoms with Gasteiger partial charge in [-0.2, -0.15) is 0 Å². The van der Waals surface area contributed by atoms with E-state index in [1.165, 1.54) is 0 Å². The Morgan fingerprint density at radius 2 is 2.00 bits per heavy atom. The highest BCUT2D eigenvalue weighted by Gasteiger charge is 2.50. The summed E-state index contributed by atoms with van der Waals surface area (Å²) in [6.45, 7) is 1.96. The van der Waals surface area contributed by atoms with Gasteiger partial charge in [0.05, 0.1) is 11.5 Å². The molecule has 1 saturated carbocycles. The molecular weight excluding hydrogens is 266 g/mol. The Morgan fingerprint density at radius 1 is 1.26 bits per heavy atom. The molecule has 3 aliphatic rings. The van der Waals surface area contributed by atoms with Gasteiger partial charge in [0.2, 0.25) is 0 Å². The third-order valence-corrected chi connectivity index (χ3v) is 5.57. The largest absolute Gasteiger partial charge is 0.480 e. The van der Waals surface area contributed by atoms with Gasteiger partial charge in [0.15, 0.2) is 0 Å². The summed E-state index contributed by atoms with van der Waals surface area (Å²) < 4.78 is 5.62. The minimum absolute atomic E-state index is 0.0492. The van der Waals surface area contributed by atoms with E-state index in [2.05, 4.69) is 0 Å². The van der Waals surface area contributed by atoms with Crippen LogP contribution in [0, 0.1) is 5.92 Å². The van der Waals surface area contributed by atoms with Crippen molar-refractivity contribution in [3.05, 3.63) is 0 Å². The Bertz CT molecular complexity index is 398. The maximum atomic E-state index is 12.6. The van der Waals surface area contributed by atoms with Crippen LogP contribution in [0.25, 0.3) is 0 Å². The zero-order valence-corrected chi connectivity index (χ0v) is 11.8. The van der Waals surface area contributed by atoms with E-state index in [1.807, 2.05) is 6.92 Å². The molecule has 6 heteroatoms. The third-order valence-electron chi connectivity index (χ3n) is 4.11. The van der Waals surface area contributed by atoms with E-state index in [9.17, 15) is 14.7 Å². The predicted octanol–water partition coefficient (Wildman–Crippen LogP) is 1.32. The maximum absolute atomic E-state index is 12.6. The molecule has 2 saturated heterocycles. The third kappa shape index (κ3) is 2.48. The van der Waals surface area contributed by atoms with Crippen LogP contribution in [0.4, 0.5) is 0 Å². The first-order valence-corrected chi connectivity index (χ1v) is 7.95. The van der Waals surface area contributed by atoms with E-state index < -0.39 is 18.1 Å². The molecule has 0 radical (unpaired) electrons. The first kappa shape index (κ1) is 13.2. The molecule has 1 N–H and O–H groups in total. The molecular formula is C13H19NO4S. The first-order valence-electron chi connectivity index (χ1n) is 6.90. The van der Waals surface area contributed by atoms with Crippen LogP contribution in [0.3, 0.4) is 0 Å². The quantitative estimate of drug-likeness (QED) is 0.847. The smallest absolute Gasteiger partial charge is 0.327 e. The number of carbonyl (C=O) groups excluding carboxylic acids is 1. The average Bonchev–Trinajstić information content (AvgIpc) is 2.96. The van der Waals surface area contributed by atoms with Gasteiger partial charge < -0.3 is 14.7 Å². The second kappa shape index (κ2) is 4.98. The number of hydrogen-bond donors (Lipinski definition) is 1. The van der Waals surface area contributed by atoms with Gasteiger partial charge in [-0.1, -0.05) is 0 Å². The first-order chi connectivity index (χ1) is 9.08. The zero-order chi connectivity index (χ0) is 13.6. The lowest BCUT2D eigenvalue weighted by Crippen LogP contribution is -2.50. The molecule has 2 aliphatic heterocycles. The van der Waals surface area contributed by atoms with Crippen molar-refractivity contribution >= 4 is 23.6 Å². The van der Waals surface area contributed by atoms with Crippen LogP contribution in [0.15, 0.2) is 0 Å². The van der Waals surface area contributed by atoms with E-state index in [0.29, 0.717) is 18.1 Å². The number of aliphatic carboxylic acids is 1. The highest BCUT2D eigenvalue weighted by Crippen LogP contribution is 2.46. The van der Waals surface area contributed by atoms with Crippen molar-refractivity contribution in [2.75, 3.05) is 5.75 Å². The second-order valence-corrected chi connectivity index (χ2v) is 6.82. The molecule has 0 aromatic heterocycles. The molecule has 4 atom stereocenters. The highest BCUT2D eigenvalue weighted by atomic mass is 32.2. The molecule has 3 rings (SSSR count). The van der Waals surface area contributed by atoms with Crippen LogP contribution in [-0.2, 0) is 14.3 Å². The summed E-state index contributed by atoms with van der Waals surface area (Å²) in [4.78, 5) is 25.5. The van der Waals surface area contributed by atoms with E-state index in [-0.39, 0.29) is 17.4 Å². The van der Waals surface area contributed by atoms with Crippen molar-refractivity contribution in [3.8, 4) is 0 Å². The number of ether oxygens (including phenoxy) is 1. The number of thioether (sulfide) groups is 1. The average molecular weight is 285 g/mol. The van der Waals surface area contributed by atoms with Crippen molar-refractivity contribution < 1.29 is 19.4 Å². The van der Waals surface area contributed by atoms with Crippen LogP contribution in [-0.4, -0.2) is 51.3 Å². The van der Waals surface area contributed by atoms with Gasteiger partial charge in [-0.3, -0.25) is 4.79 Å². The van der Waals surface area contributed by atoms with Crippen molar-refractivity contribution in [3.63, 3.8) is 0 Å². The highest BCUT2D eigenvalue weighted by molar-refractivity contribution is 8.00. The van der Waals surface area contributed by atoms with E-state index >= 15 is 0 Å². The van der Waals surface area contributed by atoms with Crippen molar-refractivity contribution in [2.24, 2.45) is 5.92 Å². The van der Waals surface area contributed by atoms with Gasteiger partial charge in [-0.25, -0.2) is 4.79 Å². The number of carboxylic acids is 1. The number of carbonyl (C=O) groups is 2. The lowest BCUT2D eigenvalue weighted by molar-refractivity contribution is -0.154. The van der Waals surface area contributed by atoms with E-state index in [1.54, 1.807) is 16.7 Å². The Morgan fingerprint density at radius 3 is 2.53 bits per heavy atom. The fourth-order valence-electron chi connectivity index (χ4n) is 2.89. The summed E-state index contributed by atoms with van der Waals surface area (Å²) in [5.74, 6) is -0.0179. The van der Waals surface area contributed by atoms with E-state index in [4.69, 9.17) is 4.74 Å². The molecule has 2 heterocycles. The fourth-order valence-corrected chi connectivity index (χ4v) is 4.53. The van der Waals surface area contributed by atoms with Gasteiger partial charge in [0.25, 0.3) is 5.91 Å². The molecule has 1 amide bonds. The van der Waals surface area contributed by atoms with Crippen LogP contribution in [0.1, 0.15) is 32.6 Å². The summed E-state index contributed by atoms with van der Waals surface area (Å²) >= 11 is 1.61. The molecule has 0 aromatic rings. The van der Waals surface area contributed by atoms with Crippen LogP contribution >= 0.6 is 11.8 Å². The standard InChI is InChI=1S/C13H19NO4S/c1-7-2-5-10(18-7)11(15)14-9(13(16)17)6-19-12(14)8-3-4-8/h7-10,12H,2-6H2,1H3,(H,16,17). The Kier molecular flexibility index (Phi) is 3.47. The van der Waals surface area contributed by atoms with Crippen molar-refractivity contribution in [1.29, 1.82) is 0 Å². The predicted molar refractivity (Wildman–Crippen MR) is 70.8 cm³/mol. The Labute approximate surface area is 116 Å². The SMILES string of the molecule is CC1CCC(C(=O)N2C(C(=O)O)CSC2C2CC2)O1. The van der Waals surface area contributed by atoms with Crippen LogP contribution in [0.5, 0.6) is 0 Å². The van der Waals surface area contributed by atoms with Crippen LogP contribution in [0.2, 0.25) is 0 Å². The van der Waals surface area contributed by atoms with Crippen LogP contribution < -0.4 is 0 Å². The molecule has 19 heavy (non-hydrogen) atoms. The minimum atomic E-state index is -0.893. The number of hydrogen-bond acceptors (Lipinski definition) is 4. The molecule has 4 unspecified atom stereocenters. The summed E-state index contributed by atoms with van der Waals surface area (Å²) in [6, 6.07) is -0.678. The number of rotatable bonds is 3. The Hall–Kier alpha value is -0.750. The number of nitrogens with zero attached hydrogens (tertiary/aromatic N) is 1. The van der Waals surface area contributed by atoms with Gasteiger partial charge in [0, 0.05) is 5.75 Å². The number of amides is 1. The molecule has 5 nitrogen and oxygen atoms in total. The number of carboxylic acid groups (broad SMARTS) is 1. The lowest BCUT2D eigenvalue weighted by Gasteiger charge is -2.29. The zero-order valence-electron chi connectivity index (χ0n) is 10.9. The lowest BCUT2D eigenvalue weighted by atomic mass is 10.1. The summed E-state index contributed by atoms with van der Waals surface area (Å²) in [5, 5.41) is 9.35. The van der Waals surface area contributed by atoms with Crippen molar-refractivity contribution in [1.82, 2.24) is 4.90 Å². The molecule has 3 fully saturated rings. The minimum Gasteiger partial charge on any atom is -0.480 e. The van der Waals surface area contributed by atoms with Gasteiger partial charge in [-0.15, -0.1) is 11.8 Å². The molecule has 0 bridgehead atoms. The topological polar surface area (TPSA) is 66.8 Å². The molecule has 0 aromatic carbocycles. The molecule has 1 aliphatic carbocycles. The summed E-state index contributed by atoms with van der Waals surface area (Å²) in [7, 11) is 0. The second-order valence-electron chi connectivity index (χ2n) is 5.67. The van der Waals surface area contributed by atoms with Gasteiger partial charge in [0.1, 0.15) is 12.1 Å². The summed E-state index contributed by atoms with van der Waals surface area (Å²) in [6.07, 6.45) is 3.48.